The molecule has 7 aromatic rings. The lowest BCUT2D eigenvalue weighted by atomic mass is 10.1. The van der Waals surface area contributed by atoms with Crippen LogP contribution in [0.25, 0.3) is 60.8 Å². The number of aromatic nitrogens is 3. The van der Waals surface area contributed by atoms with Crippen LogP contribution >= 0.6 is 0 Å². The molecule has 4 aromatic heterocycles. The van der Waals surface area contributed by atoms with Crippen molar-refractivity contribution < 1.29 is 4.42 Å². The predicted octanol–water partition coefficient (Wildman–Crippen LogP) is 7.14. The highest BCUT2D eigenvalue weighted by Crippen LogP contribution is 2.36. The lowest BCUT2D eigenvalue weighted by molar-refractivity contribution is 0.670. The van der Waals surface area contributed by atoms with Crippen LogP contribution in [0.15, 0.2) is 108 Å². The Morgan fingerprint density at radius 3 is 2.38 bits per heavy atom. The van der Waals surface area contributed by atoms with Gasteiger partial charge >= 0.3 is 0 Å². The molecule has 4 heteroatoms. The summed E-state index contributed by atoms with van der Waals surface area (Å²) in [6.07, 6.45) is 3.74. The Bertz CT molecular complexity index is 1740. The van der Waals surface area contributed by atoms with E-state index in [9.17, 15) is 0 Å². The van der Waals surface area contributed by atoms with Gasteiger partial charge in [0.15, 0.2) is 0 Å². The van der Waals surface area contributed by atoms with Crippen molar-refractivity contribution in [1.82, 2.24) is 14.5 Å². The van der Waals surface area contributed by atoms with Crippen LogP contribution < -0.4 is 0 Å². The number of nitrogens with zero attached hydrogens (tertiary/aromatic N) is 3. The summed E-state index contributed by atoms with van der Waals surface area (Å²) in [4.78, 5) is 9.46. The van der Waals surface area contributed by atoms with E-state index in [-0.39, 0.29) is 0 Å². The van der Waals surface area contributed by atoms with Crippen LogP contribution in [0.1, 0.15) is 0 Å². The number of furan rings is 1. The average Bonchev–Trinajstić information content (AvgIpc) is 3.40. The van der Waals surface area contributed by atoms with Crippen LogP contribution in [0, 0.1) is 0 Å². The number of hydrogen-bond donors (Lipinski definition) is 0. The van der Waals surface area contributed by atoms with Gasteiger partial charge in [0.1, 0.15) is 17.0 Å². The molecule has 0 spiro atoms. The lowest BCUT2D eigenvalue weighted by Crippen LogP contribution is -1.98. The van der Waals surface area contributed by atoms with Crippen molar-refractivity contribution in [2.24, 2.45) is 0 Å². The van der Waals surface area contributed by atoms with E-state index in [0.29, 0.717) is 0 Å². The molecular weight excluding hydrogens is 394 g/mol. The van der Waals surface area contributed by atoms with Crippen molar-refractivity contribution in [2.45, 2.75) is 0 Å². The van der Waals surface area contributed by atoms with E-state index in [2.05, 4.69) is 70.2 Å². The van der Waals surface area contributed by atoms with Gasteiger partial charge in [-0.25, -0.2) is 4.98 Å². The fourth-order valence-corrected chi connectivity index (χ4v) is 4.71. The highest BCUT2D eigenvalue weighted by molar-refractivity contribution is 6.10. The van der Waals surface area contributed by atoms with Crippen LogP contribution in [0.3, 0.4) is 0 Å². The zero-order valence-corrected chi connectivity index (χ0v) is 17.1. The first-order valence-electron chi connectivity index (χ1n) is 10.6. The van der Waals surface area contributed by atoms with Crippen LogP contribution in [-0.4, -0.2) is 14.5 Å². The average molecular weight is 411 g/mol. The number of para-hydroxylation sites is 3. The number of rotatable bonds is 2. The summed E-state index contributed by atoms with van der Waals surface area (Å²) in [7, 11) is 0. The molecule has 4 nitrogen and oxygen atoms in total. The highest BCUT2D eigenvalue weighted by atomic mass is 16.3. The Morgan fingerprint density at radius 2 is 1.41 bits per heavy atom. The minimum atomic E-state index is 0.856. The third-order valence-electron chi connectivity index (χ3n) is 6.12. The normalized spacial score (nSPS) is 11.8. The second kappa shape index (κ2) is 6.53. The molecule has 32 heavy (non-hydrogen) atoms. The largest absolute Gasteiger partial charge is 0.455 e. The van der Waals surface area contributed by atoms with Crippen LogP contribution in [0.2, 0.25) is 0 Å². The SMILES string of the molecule is c1cc(-c2cccc3c2oc2ccccc23)nc(-n2c3ccccc3c3ccncc32)c1. The Morgan fingerprint density at radius 1 is 0.625 bits per heavy atom. The molecule has 0 aliphatic heterocycles. The third kappa shape index (κ3) is 2.38. The second-order valence-electron chi connectivity index (χ2n) is 7.91. The summed E-state index contributed by atoms with van der Waals surface area (Å²) in [6.45, 7) is 0. The maximum absolute atomic E-state index is 6.25. The molecule has 0 radical (unpaired) electrons. The first-order chi connectivity index (χ1) is 15.9. The number of fused-ring (bicyclic) bond motifs is 6. The molecule has 0 amide bonds. The molecular formula is C28H17N3O. The molecule has 0 saturated carbocycles. The zero-order valence-electron chi connectivity index (χ0n) is 17.1. The van der Waals surface area contributed by atoms with Gasteiger partial charge in [0, 0.05) is 33.3 Å². The molecule has 7 rings (SSSR count). The molecule has 0 unspecified atom stereocenters. The van der Waals surface area contributed by atoms with Crippen molar-refractivity contribution in [2.75, 3.05) is 0 Å². The first kappa shape index (κ1) is 17.3. The molecule has 3 aromatic carbocycles. The molecule has 0 bridgehead atoms. The smallest absolute Gasteiger partial charge is 0.144 e. The maximum Gasteiger partial charge on any atom is 0.144 e. The Balaban J connectivity index is 1.50. The van der Waals surface area contributed by atoms with Crippen molar-refractivity contribution in [1.29, 1.82) is 0 Å². The van der Waals surface area contributed by atoms with E-state index in [1.807, 2.05) is 42.7 Å². The number of benzene rings is 3. The minimum absolute atomic E-state index is 0.856. The Kier molecular flexibility index (Phi) is 3.52. The van der Waals surface area contributed by atoms with Crippen molar-refractivity contribution in [3.8, 4) is 17.1 Å². The maximum atomic E-state index is 6.25. The summed E-state index contributed by atoms with van der Waals surface area (Å²) in [5, 5.41) is 4.58. The summed E-state index contributed by atoms with van der Waals surface area (Å²) < 4.78 is 8.43. The third-order valence-corrected chi connectivity index (χ3v) is 6.12. The van der Waals surface area contributed by atoms with Gasteiger partial charge < -0.3 is 4.42 Å². The van der Waals surface area contributed by atoms with E-state index in [1.54, 1.807) is 0 Å². The standard InChI is InChI=1S/C28H17N3O/c1-3-12-24-18(7-1)19-15-16-29-17-25(19)31(24)27-14-6-11-23(30-27)22-10-5-9-21-20-8-2-4-13-26(20)32-28(21)22/h1-17H. The van der Waals surface area contributed by atoms with Crippen molar-refractivity contribution in [3.05, 3.63) is 103 Å². The fraction of sp³-hybridized carbons (Fsp3) is 0. The molecule has 0 N–H and O–H groups in total. The fourth-order valence-electron chi connectivity index (χ4n) is 4.71. The molecule has 0 fully saturated rings. The number of hydrogen-bond acceptors (Lipinski definition) is 3. The zero-order chi connectivity index (χ0) is 21.1. The molecule has 0 aliphatic carbocycles. The summed E-state index contributed by atoms with van der Waals surface area (Å²) in [5.74, 6) is 0.856. The van der Waals surface area contributed by atoms with Gasteiger partial charge in [0.05, 0.1) is 22.9 Å². The van der Waals surface area contributed by atoms with Gasteiger partial charge in [-0.3, -0.25) is 9.55 Å². The van der Waals surface area contributed by atoms with E-state index >= 15 is 0 Å². The quantitative estimate of drug-likeness (QED) is 0.304. The molecule has 0 saturated heterocycles. The summed E-state index contributed by atoms with van der Waals surface area (Å²) in [5.41, 5.74) is 5.77. The Labute approximate surface area is 183 Å². The van der Waals surface area contributed by atoms with Crippen LogP contribution in [0.4, 0.5) is 0 Å². The molecule has 0 atom stereocenters. The predicted molar refractivity (Wildman–Crippen MR) is 129 cm³/mol. The topological polar surface area (TPSA) is 43.9 Å². The van der Waals surface area contributed by atoms with E-state index in [0.717, 1.165) is 50.0 Å². The van der Waals surface area contributed by atoms with Crippen molar-refractivity contribution in [3.63, 3.8) is 0 Å². The molecule has 0 aliphatic rings. The second-order valence-corrected chi connectivity index (χ2v) is 7.91. The van der Waals surface area contributed by atoms with Gasteiger partial charge in [-0.2, -0.15) is 0 Å². The van der Waals surface area contributed by atoms with Crippen LogP contribution in [0.5, 0.6) is 0 Å². The Hall–Kier alpha value is -4.44. The van der Waals surface area contributed by atoms with E-state index < -0.39 is 0 Å². The van der Waals surface area contributed by atoms with E-state index in [4.69, 9.17) is 9.40 Å². The summed E-state index contributed by atoms with van der Waals surface area (Å²) >= 11 is 0. The number of pyridine rings is 2. The van der Waals surface area contributed by atoms with E-state index in [1.165, 1.54) is 10.8 Å². The molecule has 4 heterocycles. The lowest BCUT2D eigenvalue weighted by Gasteiger charge is -2.09. The highest BCUT2D eigenvalue weighted by Gasteiger charge is 2.16. The van der Waals surface area contributed by atoms with Crippen molar-refractivity contribution >= 4 is 43.7 Å². The first-order valence-corrected chi connectivity index (χ1v) is 10.6. The minimum Gasteiger partial charge on any atom is -0.455 e. The molecule has 150 valence electrons. The monoisotopic (exact) mass is 411 g/mol. The van der Waals surface area contributed by atoms with Crippen LogP contribution in [-0.2, 0) is 0 Å². The van der Waals surface area contributed by atoms with Gasteiger partial charge in [-0.1, -0.05) is 54.6 Å². The van der Waals surface area contributed by atoms with Gasteiger partial charge in [0.25, 0.3) is 0 Å². The summed E-state index contributed by atoms with van der Waals surface area (Å²) in [6, 6.07) is 31.0. The van der Waals surface area contributed by atoms with Gasteiger partial charge in [0.2, 0.25) is 0 Å². The van der Waals surface area contributed by atoms with Gasteiger partial charge in [-0.15, -0.1) is 0 Å². The van der Waals surface area contributed by atoms with Gasteiger partial charge in [-0.05, 0) is 36.4 Å².